The molecule has 1 atom stereocenters. The molecule has 0 fully saturated rings. The number of halogens is 1. The van der Waals surface area contributed by atoms with Gasteiger partial charge in [-0.1, -0.05) is 29.8 Å². The van der Waals surface area contributed by atoms with Crippen LogP contribution < -0.4 is 5.32 Å². The zero-order chi connectivity index (χ0) is 13.2. The van der Waals surface area contributed by atoms with E-state index in [0.29, 0.717) is 0 Å². The molecule has 1 unspecified atom stereocenters. The number of carbonyl (C=O) groups is 1. The minimum absolute atomic E-state index is 0.0446. The van der Waals surface area contributed by atoms with E-state index in [2.05, 4.69) is 33.9 Å². The summed E-state index contributed by atoms with van der Waals surface area (Å²) in [4.78, 5) is 11.9. The van der Waals surface area contributed by atoms with E-state index < -0.39 is 0 Å². The van der Waals surface area contributed by atoms with E-state index in [-0.39, 0.29) is 17.1 Å². The second-order valence-corrected chi connectivity index (χ2v) is 6.06. The molecule has 1 aromatic rings. The lowest BCUT2D eigenvalue weighted by Gasteiger charge is -2.17. The van der Waals surface area contributed by atoms with Crippen LogP contribution >= 0.6 is 28.6 Å². The van der Waals surface area contributed by atoms with E-state index in [1.807, 2.05) is 39.8 Å². The normalized spacial score (nSPS) is 12.6. The SMILES string of the molecule is Cc1cc(Br)cc(C)c1NC(=O)C(S)C(C)C. The summed E-state index contributed by atoms with van der Waals surface area (Å²) in [6.45, 7) is 7.93. The van der Waals surface area contributed by atoms with Gasteiger partial charge in [0.1, 0.15) is 0 Å². The van der Waals surface area contributed by atoms with E-state index in [9.17, 15) is 4.79 Å². The van der Waals surface area contributed by atoms with Crippen LogP contribution in [0.5, 0.6) is 0 Å². The number of rotatable bonds is 3. The third-order valence-corrected chi connectivity index (χ3v) is 3.93. The second kappa shape index (κ2) is 5.91. The molecular formula is C13H18BrNOS. The molecule has 94 valence electrons. The Morgan fingerprint density at radius 3 is 2.18 bits per heavy atom. The Hall–Kier alpha value is -0.480. The Labute approximate surface area is 117 Å². The lowest BCUT2D eigenvalue weighted by Crippen LogP contribution is -2.28. The fourth-order valence-electron chi connectivity index (χ4n) is 1.61. The highest BCUT2D eigenvalue weighted by molar-refractivity contribution is 9.10. The Kier molecular flexibility index (Phi) is 5.07. The van der Waals surface area contributed by atoms with Gasteiger partial charge < -0.3 is 5.32 Å². The van der Waals surface area contributed by atoms with Gasteiger partial charge in [0, 0.05) is 10.2 Å². The smallest absolute Gasteiger partial charge is 0.237 e. The zero-order valence-electron chi connectivity index (χ0n) is 10.5. The van der Waals surface area contributed by atoms with Gasteiger partial charge in [-0.05, 0) is 43.0 Å². The molecule has 17 heavy (non-hydrogen) atoms. The predicted molar refractivity (Wildman–Crippen MR) is 79.9 cm³/mol. The molecule has 1 rings (SSSR count). The average molecular weight is 316 g/mol. The fourth-order valence-corrected chi connectivity index (χ4v) is 2.36. The Bertz CT molecular complexity index is 408. The summed E-state index contributed by atoms with van der Waals surface area (Å²) in [5.74, 6) is 0.172. The zero-order valence-corrected chi connectivity index (χ0v) is 13.0. The van der Waals surface area contributed by atoms with Crippen molar-refractivity contribution in [2.45, 2.75) is 32.9 Å². The largest absolute Gasteiger partial charge is 0.325 e. The van der Waals surface area contributed by atoms with E-state index in [1.54, 1.807) is 0 Å². The first-order valence-electron chi connectivity index (χ1n) is 5.58. The van der Waals surface area contributed by atoms with Crippen LogP contribution in [0.15, 0.2) is 16.6 Å². The molecule has 0 radical (unpaired) electrons. The summed E-state index contributed by atoms with van der Waals surface area (Å²) in [5, 5.41) is 2.67. The highest BCUT2D eigenvalue weighted by Crippen LogP contribution is 2.26. The van der Waals surface area contributed by atoms with Gasteiger partial charge in [-0.2, -0.15) is 12.6 Å². The molecule has 0 aliphatic rings. The summed E-state index contributed by atoms with van der Waals surface area (Å²) in [6, 6.07) is 3.98. The van der Waals surface area contributed by atoms with Crippen LogP contribution in [0.25, 0.3) is 0 Å². The van der Waals surface area contributed by atoms with Crippen LogP contribution in [-0.4, -0.2) is 11.2 Å². The number of anilines is 1. The van der Waals surface area contributed by atoms with Gasteiger partial charge in [-0.3, -0.25) is 4.79 Å². The lowest BCUT2D eigenvalue weighted by atomic mass is 10.1. The van der Waals surface area contributed by atoms with Crippen molar-refractivity contribution in [2.24, 2.45) is 5.92 Å². The summed E-state index contributed by atoms with van der Waals surface area (Å²) in [5.41, 5.74) is 2.99. The Morgan fingerprint density at radius 1 is 1.29 bits per heavy atom. The summed E-state index contributed by atoms with van der Waals surface area (Å²) >= 11 is 7.76. The van der Waals surface area contributed by atoms with Crippen molar-refractivity contribution in [1.29, 1.82) is 0 Å². The number of benzene rings is 1. The first-order valence-corrected chi connectivity index (χ1v) is 6.89. The molecule has 0 bridgehead atoms. The molecule has 1 aromatic carbocycles. The predicted octanol–water partition coefficient (Wildman–Crippen LogP) is 3.96. The van der Waals surface area contributed by atoms with Crippen molar-refractivity contribution in [3.63, 3.8) is 0 Å². The first kappa shape index (κ1) is 14.6. The van der Waals surface area contributed by atoms with Gasteiger partial charge >= 0.3 is 0 Å². The number of hydrogen-bond acceptors (Lipinski definition) is 2. The molecule has 0 aliphatic heterocycles. The van der Waals surface area contributed by atoms with Gasteiger partial charge in [0.25, 0.3) is 0 Å². The molecule has 2 nitrogen and oxygen atoms in total. The van der Waals surface area contributed by atoms with Crippen LogP contribution in [0.1, 0.15) is 25.0 Å². The molecule has 0 spiro atoms. The van der Waals surface area contributed by atoms with Gasteiger partial charge in [0.05, 0.1) is 5.25 Å². The van der Waals surface area contributed by atoms with Crippen molar-refractivity contribution < 1.29 is 4.79 Å². The minimum Gasteiger partial charge on any atom is -0.325 e. The van der Waals surface area contributed by atoms with Gasteiger partial charge in [0.15, 0.2) is 0 Å². The quantitative estimate of drug-likeness (QED) is 0.812. The van der Waals surface area contributed by atoms with Crippen molar-refractivity contribution in [1.82, 2.24) is 0 Å². The molecule has 0 heterocycles. The van der Waals surface area contributed by atoms with Crippen molar-refractivity contribution >= 4 is 40.2 Å². The Balaban J connectivity index is 2.93. The van der Waals surface area contributed by atoms with Gasteiger partial charge in [0.2, 0.25) is 5.91 Å². The van der Waals surface area contributed by atoms with Gasteiger partial charge in [-0.25, -0.2) is 0 Å². The number of amides is 1. The minimum atomic E-state index is -0.280. The Morgan fingerprint density at radius 2 is 1.76 bits per heavy atom. The molecule has 0 saturated heterocycles. The first-order chi connectivity index (χ1) is 7.82. The number of aryl methyl sites for hydroxylation is 2. The van der Waals surface area contributed by atoms with Crippen LogP contribution in [0.3, 0.4) is 0 Å². The van der Waals surface area contributed by atoms with Crippen LogP contribution in [-0.2, 0) is 4.79 Å². The van der Waals surface area contributed by atoms with Crippen LogP contribution in [0.2, 0.25) is 0 Å². The number of nitrogens with one attached hydrogen (secondary N) is 1. The maximum absolute atomic E-state index is 11.9. The molecule has 0 aromatic heterocycles. The second-order valence-electron chi connectivity index (χ2n) is 4.59. The lowest BCUT2D eigenvalue weighted by molar-refractivity contribution is -0.116. The third-order valence-electron chi connectivity index (χ3n) is 2.65. The molecular weight excluding hydrogens is 298 g/mol. The number of hydrogen-bond donors (Lipinski definition) is 2. The molecule has 0 saturated carbocycles. The van der Waals surface area contributed by atoms with Crippen LogP contribution in [0.4, 0.5) is 5.69 Å². The molecule has 0 aliphatic carbocycles. The molecule has 1 amide bonds. The monoisotopic (exact) mass is 315 g/mol. The third kappa shape index (κ3) is 3.75. The molecule has 1 N–H and O–H groups in total. The maximum atomic E-state index is 11.9. The highest BCUT2D eigenvalue weighted by Gasteiger charge is 2.19. The number of thiol groups is 1. The summed E-state index contributed by atoms with van der Waals surface area (Å²) < 4.78 is 1.02. The van der Waals surface area contributed by atoms with E-state index in [4.69, 9.17) is 0 Å². The van der Waals surface area contributed by atoms with Crippen molar-refractivity contribution in [3.8, 4) is 0 Å². The highest BCUT2D eigenvalue weighted by atomic mass is 79.9. The van der Waals surface area contributed by atoms with Crippen molar-refractivity contribution in [2.75, 3.05) is 5.32 Å². The fraction of sp³-hybridized carbons (Fsp3) is 0.462. The van der Waals surface area contributed by atoms with E-state index in [1.165, 1.54) is 0 Å². The van der Waals surface area contributed by atoms with Crippen molar-refractivity contribution in [3.05, 3.63) is 27.7 Å². The number of carbonyl (C=O) groups excluding carboxylic acids is 1. The summed E-state index contributed by atoms with van der Waals surface area (Å²) in [6.07, 6.45) is 0. The van der Waals surface area contributed by atoms with Gasteiger partial charge in [-0.15, -0.1) is 0 Å². The van der Waals surface area contributed by atoms with E-state index >= 15 is 0 Å². The van der Waals surface area contributed by atoms with Crippen LogP contribution in [0, 0.1) is 19.8 Å². The average Bonchev–Trinajstić information content (AvgIpc) is 2.21. The van der Waals surface area contributed by atoms with E-state index in [0.717, 1.165) is 21.3 Å². The summed E-state index contributed by atoms with van der Waals surface area (Å²) in [7, 11) is 0. The topological polar surface area (TPSA) is 29.1 Å². The maximum Gasteiger partial charge on any atom is 0.237 e. The standard InChI is InChI=1S/C13H18BrNOS/c1-7(2)12(17)13(16)15-11-8(3)5-10(14)6-9(11)4/h5-7,12,17H,1-4H3,(H,15,16). The molecule has 4 heteroatoms.